The van der Waals surface area contributed by atoms with Crippen molar-refractivity contribution in [3.63, 3.8) is 0 Å². The molecule has 2 rings (SSSR count). The van der Waals surface area contributed by atoms with E-state index in [0.717, 1.165) is 56.7 Å². The Bertz CT molecular complexity index is 423. The van der Waals surface area contributed by atoms with Crippen molar-refractivity contribution in [1.82, 2.24) is 5.32 Å². The Balaban J connectivity index is 2.20. The van der Waals surface area contributed by atoms with Crippen molar-refractivity contribution in [3.05, 3.63) is 0 Å². The second-order valence-electron chi connectivity index (χ2n) is 6.75. The van der Waals surface area contributed by atoms with E-state index in [1.54, 1.807) is 7.11 Å². The summed E-state index contributed by atoms with van der Waals surface area (Å²) >= 11 is 11.3. The molecule has 25 heavy (non-hydrogen) atoms. The lowest BCUT2D eigenvalue weighted by Crippen LogP contribution is -2.50. The van der Waals surface area contributed by atoms with E-state index in [1.807, 2.05) is 0 Å². The van der Waals surface area contributed by atoms with E-state index in [-0.39, 0.29) is 30.7 Å². The van der Waals surface area contributed by atoms with Crippen molar-refractivity contribution in [2.75, 3.05) is 33.5 Å². The number of ether oxygens (including phenoxy) is 3. The Morgan fingerprint density at radius 3 is 2.16 bits per heavy atom. The fourth-order valence-corrected chi connectivity index (χ4v) is 4.43. The van der Waals surface area contributed by atoms with Gasteiger partial charge in [-0.2, -0.15) is 0 Å². The maximum Gasteiger partial charge on any atom is 0.165 e. The third-order valence-electron chi connectivity index (χ3n) is 5.03. The van der Waals surface area contributed by atoms with Crippen LogP contribution in [0.2, 0.25) is 0 Å². The fourth-order valence-electron chi connectivity index (χ4n) is 3.74. The molecule has 2 aliphatic heterocycles. The number of rotatable bonds is 8. The molecule has 0 radical (unpaired) electrons. The van der Waals surface area contributed by atoms with E-state index >= 15 is 0 Å². The number of aliphatic hydroxyl groups excluding tert-OH is 1. The van der Waals surface area contributed by atoms with Gasteiger partial charge in [-0.15, -0.1) is 0 Å². The van der Waals surface area contributed by atoms with Crippen molar-refractivity contribution in [2.45, 2.75) is 57.2 Å². The maximum absolute atomic E-state index is 9.04. The molecule has 2 fully saturated rings. The molecule has 0 amide bonds. The minimum atomic E-state index is -0.0856. The monoisotopic (exact) mass is 389 g/mol. The van der Waals surface area contributed by atoms with Gasteiger partial charge in [0.1, 0.15) is 0 Å². The summed E-state index contributed by atoms with van der Waals surface area (Å²) in [6.45, 7) is 2.32. The Morgan fingerprint density at radius 2 is 1.68 bits per heavy atom. The smallest absolute Gasteiger partial charge is 0.165 e. The Hall–Kier alpha value is -0.340. The number of methoxy groups -OCH3 is 1. The van der Waals surface area contributed by atoms with Crippen LogP contribution in [-0.2, 0) is 14.2 Å². The average Bonchev–Trinajstić information content (AvgIpc) is 2.67. The molecule has 0 bridgehead atoms. The fraction of sp³-hybridized carbons (Fsp3) is 0.889. The van der Waals surface area contributed by atoms with Gasteiger partial charge in [-0.3, -0.25) is 0 Å². The van der Waals surface area contributed by atoms with Crippen LogP contribution in [0.1, 0.15) is 44.9 Å². The molecule has 2 aliphatic rings. The molecule has 7 heteroatoms. The van der Waals surface area contributed by atoms with Gasteiger partial charge < -0.3 is 24.6 Å². The standard InChI is InChI=1S/C18H31NO4S2/c1-21-18(25)16(14-8-3-5-12-23-14)15(13-7-2-4-11-22-13)17(24)19-9-6-10-20/h13-16,20H,2-12H2,1H3,(H,19,24). The summed E-state index contributed by atoms with van der Waals surface area (Å²) in [5.41, 5.74) is 0. The summed E-state index contributed by atoms with van der Waals surface area (Å²) in [6.07, 6.45) is 7.12. The van der Waals surface area contributed by atoms with Gasteiger partial charge in [0.15, 0.2) is 5.05 Å². The average molecular weight is 390 g/mol. The zero-order valence-electron chi connectivity index (χ0n) is 15.1. The second kappa shape index (κ2) is 11.4. The van der Waals surface area contributed by atoms with Gasteiger partial charge in [0.25, 0.3) is 0 Å². The van der Waals surface area contributed by atoms with Crippen molar-refractivity contribution in [3.8, 4) is 0 Å². The molecule has 2 heterocycles. The first kappa shape index (κ1) is 21.0. The molecule has 4 atom stereocenters. The summed E-state index contributed by atoms with van der Waals surface area (Å²) in [6, 6.07) is 0. The van der Waals surface area contributed by atoms with Gasteiger partial charge in [0.2, 0.25) is 0 Å². The van der Waals surface area contributed by atoms with Crippen LogP contribution >= 0.6 is 24.4 Å². The van der Waals surface area contributed by atoms with Gasteiger partial charge in [-0.05, 0) is 57.2 Å². The Morgan fingerprint density at radius 1 is 1.08 bits per heavy atom. The number of nitrogens with one attached hydrogen (secondary N) is 1. The van der Waals surface area contributed by atoms with E-state index in [9.17, 15) is 0 Å². The van der Waals surface area contributed by atoms with E-state index in [2.05, 4.69) is 5.32 Å². The van der Waals surface area contributed by atoms with Gasteiger partial charge in [0.05, 0.1) is 30.2 Å². The summed E-state index contributed by atoms with van der Waals surface area (Å²) < 4.78 is 17.6. The molecular formula is C18H31NO4S2. The van der Waals surface area contributed by atoms with E-state index in [4.69, 9.17) is 43.8 Å². The van der Waals surface area contributed by atoms with Gasteiger partial charge in [-0.25, -0.2) is 0 Å². The first-order valence-corrected chi connectivity index (χ1v) is 10.2. The highest BCUT2D eigenvalue weighted by Crippen LogP contribution is 2.34. The van der Waals surface area contributed by atoms with Gasteiger partial charge in [0, 0.05) is 32.3 Å². The molecule has 2 N–H and O–H groups in total. The second-order valence-corrected chi connectivity index (χ2v) is 7.60. The van der Waals surface area contributed by atoms with Crippen molar-refractivity contribution < 1.29 is 19.3 Å². The quantitative estimate of drug-likeness (QED) is 0.489. The lowest BCUT2D eigenvalue weighted by Gasteiger charge is -2.40. The molecule has 0 aliphatic carbocycles. The number of thiocarbonyl (C=S) groups is 2. The van der Waals surface area contributed by atoms with Crippen LogP contribution in [0.3, 0.4) is 0 Å². The first-order chi connectivity index (χ1) is 12.2. The predicted octanol–water partition coefficient (Wildman–Crippen LogP) is 2.63. The van der Waals surface area contributed by atoms with E-state index in [0.29, 0.717) is 18.0 Å². The molecule has 0 aromatic rings. The minimum absolute atomic E-state index is 0.0225. The topological polar surface area (TPSA) is 60.0 Å². The van der Waals surface area contributed by atoms with Crippen molar-refractivity contribution >= 4 is 34.5 Å². The minimum Gasteiger partial charge on any atom is -0.490 e. The van der Waals surface area contributed by atoms with E-state index < -0.39 is 0 Å². The molecule has 5 nitrogen and oxygen atoms in total. The lowest BCUT2D eigenvalue weighted by molar-refractivity contribution is -0.0565. The summed E-state index contributed by atoms with van der Waals surface area (Å²) in [7, 11) is 1.62. The molecule has 0 aromatic carbocycles. The van der Waals surface area contributed by atoms with Gasteiger partial charge >= 0.3 is 0 Å². The van der Waals surface area contributed by atoms with Crippen LogP contribution in [0.15, 0.2) is 0 Å². The molecule has 0 spiro atoms. The first-order valence-electron chi connectivity index (χ1n) is 9.38. The maximum atomic E-state index is 9.04. The summed E-state index contributed by atoms with van der Waals surface area (Å²) in [4.78, 5) is 0.749. The van der Waals surface area contributed by atoms with Crippen LogP contribution in [0.4, 0.5) is 0 Å². The number of hydrogen-bond donors (Lipinski definition) is 2. The third kappa shape index (κ3) is 6.10. The van der Waals surface area contributed by atoms with Crippen LogP contribution in [0.25, 0.3) is 0 Å². The summed E-state index contributed by atoms with van der Waals surface area (Å²) in [5.74, 6) is -0.137. The zero-order valence-corrected chi connectivity index (χ0v) is 16.7. The highest BCUT2D eigenvalue weighted by molar-refractivity contribution is 7.80. The third-order valence-corrected chi connectivity index (χ3v) is 5.88. The molecule has 0 saturated carbocycles. The SMILES string of the molecule is COC(=S)C(C1CCCCO1)C(C(=S)NCCCO)C1CCCCO1. The molecule has 2 saturated heterocycles. The highest BCUT2D eigenvalue weighted by Gasteiger charge is 2.42. The Labute approximate surface area is 161 Å². The summed E-state index contributed by atoms with van der Waals surface area (Å²) in [5, 5.41) is 12.9. The van der Waals surface area contributed by atoms with E-state index in [1.165, 1.54) is 0 Å². The number of hydrogen-bond acceptors (Lipinski definition) is 6. The normalized spacial score (nSPS) is 26.5. The Kier molecular flexibility index (Phi) is 9.55. The zero-order chi connectivity index (χ0) is 18.1. The van der Waals surface area contributed by atoms with Crippen LogP contribution < -0.4 is 5.32 Å². The number of aliphatic hydroxyl groups is 1. The molecule has 4 unspecified atom stereocenters. The van der Waals surface area contributed by atoms with Crippen molar-refractivity contribution in [1.29, 1.82) is 0 Å². The molecule has 0 aromatic heterocycles. The van der Waals surface area contributed by atoms with Crippen LogP contribution in [-0.4, -0.2) is 60.8 Å². The van der Waals surface area contributed by atoms with Crippen molar-refractivity contribution in [2.24, 2.45) is 11.8 Å². The molecular weight excluding hydrogens is 358 g/mol. The predicted molar refractivity (Wildman–Crippen MR) is 106 cm³/mol. The highest BCUT2D eigenvalue weighted by atomic mass is 32.1. The largest absolute Gasteiger partial charge is 0.490 e. The van der Waals surface area contributed by atoms with Gasteiger partial charge in [-0.1, -0.05) is 12.2 Å². The van der Waals surface area contributed by atoms with Crippen LogP contribution in [0, 0.1) is 11.8 Å². The lowest BCUT2D eigenvalue weighted by atomic mass is 9.79. The molecule has 144 valence electrons. The van der Waals surface area contributed by atoms with Crippen LogP contribution in [0.5, 0.6) is 0 Å².